The monoisotopic (exact) mass is 643 g/mol. The van der Waals surface area contributed by atoms with Crippen LogP contribution in [-0.4, -0.2) is 38.6 Å². The Morgan fingerprint density at radius 3 is 2.49 bits per heavy atom. The molecule has 3 aromatic carbocycles. The molecule has 13 heteroatoms. The molecule has 1 unspecified atom stereocenters. The van der Waals surface area contributed by atoms with Gasteiger partial charge in [-0.2, -0.15) is 10.5 Å². The maximum absolute atomic E-state index is 15.8. The van der Waals surface area contributed by atoms with Crippen LogP contribution in [0.2, 0.25) is 15.1 Å². The number of rotatable bonds is 6. The van der Waals surface area contributed by atoms with Crippen LogP contribution in [0, 0.1) is 28.4 Å². The van der Waals surface area contributed by atoms with Crippen LogP contribution in [-0.2, 0) is 10.2 Å². The largest absolute Gasteiger partial charge is 0.325 e. The van der Waals surface area contributed by atoms with Gasteiger partial charge in [-0.25, -0.2) is 8.78 Å². The number of carbonyl (C=O) groups excluding carboxylic acids is 1. The Morgan fingerprint density at radius 2 is 1.86 bits per heavy atom. The molecule has 3 N–H and O–H groups in total. The summed E-state index contributed by atoms with van der Waals surface area (Å²) in [6.07, 6.45) is 0.344. The quantitative estimate of drug-likeness (QED) is 0.207. The number of H-pyrrole nitrogens is 1. The molecule has 1 amide bonds. The van der Waals surface area contributed by atoms with Crippen molar-refractivity contribution in [2.45, 2.75) is 50.6 Å². The van der Waals surface area contributed by atoms with Crippen molar-refractivity contribution in [3.05, 3.63) is 92.4 Å². The molecule has 1 saturated heterocycles. The van der Waals surface area contributed by atoms with E-state index in [0.29, 0.717) is 17.7 Å². The molecule has 2 heterocycles. The van der Waals surface area contributed by atoms with E-state index in [-0.39, 0.29) is 37.4 Å². The van der Waals surface area contributed by atoms with Crippen molar-refractivity contribution in [1.82, 2.24) is 25.9 Å². The Hall–Kier alpha value is -3.62. The number of amides is 1. The summed E-state index contributed by atoms with van der Waals surface area (Å²) in [5, 5.41) is 31.0. The van der Waals surface area contributed by atoms with Crippen molar-refractivity contribution in [3.63, 3.8) is 0 Å². The van der Waals surface area contributed by atoms with E-state index in [1.165, 1.54) is 36.4 Å². The minimum atomic E-state index is -1.74. The molecule has 0 aliphatic carbocycles. The lowest BCUT2D eigenvalue weighted by Crippen LogP contribution is -2.45. The number of aromatic amines is 1. The van der Waals surface area contributed by atoms with Gasteiger partial charge in [0, 0.05) is 33.8 Å². The lowest BCUT2D eigenvalue weighted by molar-refractivity contribution is -0.118. The number of nitrogens with zero attached hydrogens (tertiary/aromatic N) is 4. The van der Waals surface area contributed by atoms with Gasteiger partial charge in [0.25, 0.3) is 0 Å². The van der Waals surface area contributed by atoms with Gasteiger partial charge in [0.1, 0.15) is 17.0 Å². The zero-order valence-corrected chi connectivity index (χ0v) is 25.5. The molecule has 4 aromatic rings. The fourth-order valence-corrected chi connectivity index (χ4v) is 6.43. The molecule has 43 heavy (non-hydrogen) atoms. The lowest BCUT2D eigenvalue weighted by Gasteiger charge is -2.37. The fraction of sp³-hybridized carbons (Fsp3) is 0.300. The number of halogens is 5. The first-order chi connectivity index (χ1) is 20.4. The van der Waals surface area contributed by atoms with Crippen LogP contribution < -0.4 is 10.6 Å². The van der Waals surface area contributed by atoms with E-state index in [0.717, 1.165) is 6.07 Å². The molecule has 5 rings (SSSR count). The predicted molar refractivity (Wildman–Crippen MR) is 161 cm³/mol. The Labute approximate surface area is 261 Å². The fourth-order valence-electron chi connectivity index (χ4n) is 5.83. The predicted octanol–water partition coefficient (Wildman–Crippen LogP) is 7.07. The Morgan fingerprint density at radius 1 is 1.09 bits per heavy atom. The highest BCUT2D eigenvalue weighted by molar-refractivity contribution is 6.33. The molecule has 0 saturated carbocycles. The molecule has 222 valence electrons. The summed E-state index contributed by atoms with van der Waals surface area (Å²) in [5.74, 6) is -3.06. The second-order valence-electron chi connectivity index (χ2n) is 11.6. The van der Waals surface area contributed by atoms with E-state index >= 15 is 8.78 Å². The number of nitriles is 1. The summed E-state index contributed by atoms with van der Waals surface area (Å²) in [4.78, 5) is 14.1. The number of benzene rings is 3. The number of hydrogen-bond donors (Lipinski definition) is 3. The van der Waals surface area contributed by atoms with Crippen molar-refractivity contribution in [3.8, 4) is 17.5 Å². The smallest absolute Gasteiger partial charge is 0.242 e. The summed E-state index contributed by atoms with van der Waals surface area (Å²) in [5.41, 5.74) is -1.31. The molecule has 1 fully saturated rings. The van der Waals surface area contributed by atoms with E-state index < -0.39 is 41.0 Å². The molecule has 4 atom stereocenters. The van der Waals surface area contributed by atoms with Gasteiger partial charge >= 0.3 is 0 Å². The molecular weight excluding hydrogens is 619 g/mol. The Kier molecular flexibility index (Phi) is 8.47. The normalized spacial score (nSPS) is 21.9. The molecule has 0 spiro atoms. The molecule has 8 nitrogen and oxygen atoms in total. The third kappa shape index (κ3) is 5.83. The van der Waals surface area contributed by atoms with Crippen molar-refractivity contribution in [1.29, 1.82) is 5.26 Å². The SMILES string of the molecule is CC(C)(C)C[C@@H]1NC(C(=O)Nc2ccc(-c3nn[nH]n3)c(Cl)c2)[C@H](c2cccc(Cl)c2F)[C@@]1(C#N)c1ccc(Cl)cc1F. The van der Waals surface area contributed by atoms with Gasteiger partial charge in [0.05, 0.1) is 22.2 Å². The average molecular weight is 645 g/mol. The first-order valence-corrected chi connectivity index (χ1v) is 14.4. The van der Waals surface area contributed by atoms with Gasteiger partial charge < -0.3 is 10.6 Å². The number of aromatic nitrogens is 4. The topological polar surface area (TPSA) is 119 Å². The number of nitrogens with one attached hydrogen (secondary N) is 3. The molecular formula is C30H26Cl3F2N7O. The van der Waals surface area contributed by atoms with Crippen LogP contribution in [0.15, 0.2) is 54.6 Å². The van der Waals surface area contributed by atoms with Crippen LogP contribution in [0.4, 0.5) is 14.5 Å². The molecule has 0 bridgehead atoms. The van der Waals surface area contributed by atoms with Gasteiger partial charge in [-0.05, 0) is 59.0 Å². The van der Waals surface area contributed by atoms with Crippen molar-refractivity contribution >= 4 is 46.4 Å². The molecule has 1 aromatic heterocycles. The maximum atomic E-state index is 15.8. The summed E-state index contributed by atoms with van der Waals surface area (Å²) in [6, 6.07) is 13.4. The van der Waals surface area contributed by atoms with Gasteiger partial charge in [0.15, 0.2) is 0 Å². The lowest BCUT2D eigenvalue weighted by atomic mass is 9.62. The van der Waals surface area contributed by atoms with Crippen LogP contribution in [0.25, 0.3) is 11.4 Å². The van der Waals surface area contributed by atoms with E-state index in [1.807, 2.05) is 20.8 Å². The van der Waals surface area contributed by atoms with Gasteiger partial charge in [-0.3, -0.25) is 4.79 Å². The molecule has 0 radical (unpaired) electrons. The summed E-state index contributed by atoms with van der Waals surface area (Å²) in [7, 11) is 0. The highest BCUT2D eigenvalue weighted by Gasteiger charge is 2.61. The number of tetrazole rings is 1. The first kappa shape index (κ1) is 30.8. The third-order valence-corrected chi connectivity index (χ3v) is 8.39. The second kappa shape index (κ2) is 11.8. The molecule has 1 aliphatic heterocycles. The second-order valence-corrected chi connectivity index (χ2v) is 12.9. The van der Waals surface area contributed by atoms with E-state index in [4.69, 9.17) is 34.8 Å². The van der Waals surface area contributed by atoms with Gasteiger partial charge in [0.2, 0.25) is 11.7 Å². The summed E-state index contributed by atoms with van der Waals surface area (Å²) < 4.78 is 31.6. The Bertz CT molecular complexity index is 1720. The maximum Gasteiger partial charge on any atom is 0.242 e. The molecule has 1 aliphatic rings. The number of carbonyl (C=O) groups is 1. The standard InChI is InChI=1S/C30H26Cl3F2N7O/c1-29(2,3)13-23-30(14-36,19-10-7-15(31)11-22(19)34)24(18-5-4-6-20(32)25(18)35)26(38-23)28(43)37-16-8-9-17(21(33)12-16)27-39-41-42-40-27/h4-12,23-24,26,38H,13H2,1-3H3,(H,37,43)(H,39,40,41,42)/t23-,24-,26?,30-/m0/s1. The Balaban J connectivity index is 1.65. The highest BCUT2D eigenvalue weighted by Crippen LogP contribution is 2.53. The summed E-state index contributed by atoms with van der Waals surface area (Å²) >= 11 is 18.7. The van der Waals surface area contributed by atoms with E-state index in [2.05, 4.69) is 37.3 Å². The van der Waals surface area contributed by atoms with E-state index in [9.17, 15) is 10.1 Å². The third-order valence-electron chi connectivity index (χ3n) is 7.55. The van der Waals surface area contributed by atoms with Crippen LogP contribution in [0.5, 0.6) is 0 Å². The van der Waals surface area contributed by atoms with Crippen LogP contribution >= 0.6 is 34.8 Å². The van der Waals surface area contributed by atoms with Gasteiger partial charge in [-0.1, -0.05) is 73.8 Å². The van der Waals surface area contributed by atoms with Crippen molar-refractivity contribution < 1.29 is 13.6 Å². The van der Waals surface area contributed by atoms with Gasteiger partial charge in [-0.15, -0.1) is 10.2 Å². The van der Waals surface area contributed by atoms with Crippen molar-refractivity contribution in [2.75, 3.05) is 5.32 Å². The minimum Gasteiger partial charge on any atom is -0.325 e. The van der Waals surface area contributed by atoms with Crippen LogP contribution in [0.1, 0.15) is 44.2 Å². The average Bonchev–Trinajstić information content (AvgIpc) is 3.57. The highest BCUT2D eigenvalue weighted by atomic mass is 35.5. The van der Waals surface area contributed by atoms with Crippen LogP contribution in [0.3, 0.4) is 0 Å². The van der Waals surface area contributed by atoms with E-state index in [1.54, 1.807) is 12.1 Å². The summed E-state index contributed by atoms with van der Waals surface area (Å²) in [6.45, 7) is 5.89. The minimum absolute atomic E-state index is 0.00190. The van der Waals surface area contributed by atoms with Crippen molar-refractivity contribution in [2.24, 2.45) is 5.41 Å². The zero-order valence-electron chi connectivity index (χ0n) is 23.2. The number of hydrogen-bond acceptors (Lipinski definition) is 6. The number of anilines is 1. The zero-order chi connectivity index (χ0) is 31.1. The first-order valence-electron chi connectivity index (χ1n) is 13.3.